The Hall–Kier alpha value is -5.41. The number of allylic oxidation sites excluding steroid dienone is 1. The summed E-state index contributed by atoms with van der Waals surface area (Å²) in [6, 6.07) is 44.8. The molecular formula is C42H39N3. The van der Waals surface area contributed by atoms with Crippen LogP contribution in [0.4, 0.5) is 5.69 Å². The Balaban J connectivity index is 0.00000115. The lowest BCUT2D eigenvalue weighted by Gasteiger charge is -2.26. The number of nitrogens with one attached hydrogen (secondary N) is 1. The molecule has 3 heteroatoms. The number of hydrogen-bond acceptors (Lipinski definition) is 2. The zero-order chi connectivity index (χ0) is 31.2. The highest BCUT2D eigenvalue weighted by Gasteiger charge is 2.24. The molecule has 0 saturated carbocycles. The number of amidine groups is 1. The molecular weight excluding hydrogens is 546 g/mol. The van der Waals surface area contributed by atoms with E-state index < -0.39 is 0 Å². The molecule has 0 amide bonds. The maximum atomic E-state index is 5.26. The van der Waals surface area contributed by atoms with Crippen molar-refractivity contribution in [1.82, 2.24) is 4.57 Å². The van der Waals surface area contributed by atoms with Crippen LogP contribution >= 0.6 is 0 Å². The number of para-hydroxylation sites is 2. The molecule has 1 aliphatic rings. The SMILES string of the molecule is C=Cc1c(/C=C\C)n(-c2ccc(C3=NC(c4ccc(-c5ccccc5)cc4)c4ccccc4N3)cc2)c2ccccc12.CCC. The molecule has 3 nitrogen and oxygen atoms in total. The minimum absolute atomic E-state index is 0.0909. The molecule has 5 aromatic carbocycles. The van der Waals surface area contributed by atoms with Gasteiger partial charge in [0.1, 0.15) is 11.9 Å². The molecule has 1 N–H and O–H groups in total. The highest BCUT2D eigenvalue weighted by atomic mass is 15.0. The predicted octanol–water partition coefficient (Wildman–Crippen LogP) is 11.4. The second-order valence-corrected chi connectivity index (χ2v) is 11.2. The van der Waals surface area contributed by atoms with Gasteiger partial charge in [-0.3, -0.25) is 4.99 Å². The van der Waals surface area contributed by atoms with E-state index in [4.69, 9.17) is 4.99 Å². The van der Waals surface area contributed by atoms with E-state index in [1.165, 1.54) is 34.1 Å². The predicted molar refractivity (Wildman–Crippen MR) is 194 cm³/mol. The molecule has 6 aromatic rings. The molecule has 1 atom stereocenters. The average molecular weight is 586 g/mol. The average Bonchev–Trinajstić information content (AvgIpc) is 3.41. The fraction of sp³-hybridized carbons (Fsp3) is 0.119. The van der Waals surface area contributed by atoms with Gasteiger partial charge in [-0.2, -0.15) is 0 Å². The Morgan fingerprint density at radius 3 is 2.07 bits per heavy atom. The largest absolute Gasteiger partial charge is 0.340 e. The van der Waals surface area contributed by atoms with E-state index in [1.807, 2.05) is 19.1 Å². The van der Waals surface area contributed by atoms with Crippen molar-refractivity contribution < 1.29 is 0 Å². The van der Waals surface area contributed by atoms with Crippen LogP contribution in [0.2, 0.25) is 0 Å². The molecule has 1 unspecified atom stereocenters. The van der Waals surface area contributed by atoms with Crippen molar-refractivity contribution in [3.8, 4) is 16.8 Å². The summed E-state index contributed by atoms with van der Waals surface area (Å²) in [5, 5.41) is 4.80. The van der Waals surface area contributed by atoms with Gasteiger partial charge in [-0.25, -0.2) is 0 Å². The number of hydrogen-bond donors (Lipinski definition) is 1. The van der Waals surface area contributed by atoms with Crippen molar-refractivity contribution >= 4 is 34.6 Å². The third kappa shape index (κ3) is 5.90. The lowest BCUT2D eigenvalue weighted by Crippen LogP contribution is -2.22. The number of aliphatic imine (C=N–C) groups is 1. The third-order valence-corrected chi connectivity index (χ3v) is 7.98. The first-order valence-electron chi connectivity index (χ1n) is 15.7. The van der Waals surface area contributed by atoms with Gasteiger partial charge >= 0.3 is 0 Å². The molecule has 7 rings (SSSR count). The second-order valence-electron chi connectivity index (χ2n) is 11.2. The van der Waals surface area contributed by atoms with Crippen LogP contribution in [-0.4, -0.2) is 10.4 Å². The minimum Gasteiger partial charge on any atom is -0.340 e. The summed E-state index contributed by atoms with van der Waals surface area (Å²) in [5.74, 6) is 0.871. The van der Waals surface area contributed by atoms with Gasteiger partial charge in [0.2, 0.25) is 0 Å². The minimum atomic E-state index is -0.0909. The van der Waals surface area contributed by atoms with Crippen molar-refractivity contribution in [2.24, 2.45) is 4.99 Å². The molecule has 222 valence electrons. The molecule has 0 bridgehead atoms. The first-order chi connectivity index (χ1) is 22.2. The summed E-state index contributed by atoms with van der Waals surface area (Å²) < 4.78 is 2.30. The Labute approximate surface area is 266 Å². The number of nitrogens with zero attached hydrogens (tertiary/aromatic N) is 2. The van der Waals surface area contributed by atoms with Crippen LogP contribution in [0.15, 0.2) is 145 Å². The fourth-order valence-electron chi connectivity index (χ4n) is 5.96. The summed E-state index contributed by atoms with van der Waals surface area (Å²) in [6.07, 6.45) is 7.44. The van der Waals surface area contributed by atoms with Crippen LogP contribution in [0.1, 0.15) is 61.2 Å². The van der Waals surface area contributed by atoms with Crippen molar-refractivity contribution in [3.05, 3.63) is 168 Å². The van der Waals surface area contributed by atoms with Gasteiger partial charge in [-0.1, -0.05) is 130 Å². The van der Waals surface area contributed by atoms with Crippen LogP contribution in [0, 0.1) is 0 Å². The molecule has 0 aliphatic carbocycles. The molecule has 1 aromatic heterocycles. The number of rotatable bonds is 6. The first kappa shape index (κ1) is 29.7. The van der Waals surface area contributed by atoms with E-state index in [0.29, 0.717) is 0 Å². The van der Waals surface area contributed by atoms with Gasteiger partial charge in [0.15, 0.2) is 0 Å². The molecule has 0 saturated heterocycles. The van der Waals surface area contributed by atoms with Gasteiger partial charge in [0.25, 0.3) is 0 Å². The standard InChI is InChI=1S/C39H31N3.C3H8/c1-3-12-36-32(4-2)33-15-9-11-18-37(33)42(36)31-25-23-30(24-26-31)39-40-35-17-10-8-16-34(35)38(41-39)29-21-19-28(20-22-29)27-13-6-5-7-14-27;1-3-2/h3-26,38H,2H2,1H3,(H,40,41);3H2,1-2H3/b12-3-;. The van der Waals surface area contributed by atoms with Gasteiger partial charge in [0, 0.05) is 33.5 Å². The van der Waals surface area contributed by atoms with Crippen LogP contribution in [0.3, 0.4) is 0 Å². The van der Waals surface area contributed by atoms with Crippen molar-refractivity contribution in [2.45, 2.75) is 33.2 Å². The van der Waals surface area contributed by atoms with E-state index in [0.717, 1.165) is 39.5 Å². The van der Waals surface area contributed by atoms with E-state index >= 15 is 0 Å². The Morgan fingerprint density at radius 2 is 1.36 bits per heavy atom. The topological polar surface area (TPSA) is 29.3 Å². The molecule has 0 fully saturated rings. The second kappa shape index (κ2) is 13.5. The zero-order valence-electron chi connectivity index (χ0n) is 26.2. The highest BCUT2D eigenvalue weighted by molar-refractivity contribution is 6.10. The van der Waals surface area contributed by atoms with Gasteiger partial charge < -0.3 is 9.88 Å². The molecule has 0 radical (unpaired) electrons. The Kier molecular flexibility index (Phi) is 8.89. The summed E-state index contributed by atoms with van der Waals surface area (Å²) in [5.41, 5.74) is 11.4. The van der Waals surface area contributed by atoms with Crippen LogP contribution < -0.4 is 5.32 Å². The van der Waals surface area contributed by atoms with E-state index in [-0.39, 0.29) is 6.04 Å². The monoisotopic (exact) mass is 585 g/mol. The van der Waals surface area contributed by atoms with E-state index in [1.54, 1.807) is 0 Å². The van der Waals surface area contributed by atoms with Crippen LogP contribution in [-0.2, 0) is 0 Å². The summed E-state index contributed by atoms with van der Waals surface area (Å²) in [6.45, 7) is 10.4. The molecule has 1 aliphatic heterocycles. The smallest absolute Gasteiger partial charge is 0.133 e. The molecule has 45 heavy (non-hydrogen) atoms. The van der Waals surface area contributed by atoms with E-state index in [2.05, 4.69) is 164 Å². The number of benzene rings is 5. The lowest BCUT2D eigenvalue weighted by atomic mass is 9.94. The number of anilines is 1. The summed E-state index contributed by atoms with van der Waals surface area (Å²) in [4.78, 5) is 5.26. The summed E-state index contributed by atoms with van der Waals surface area (Å²) in [7, 11) is 0. The third-order valence-electron chi connectivity index (χ3n) is 7.98. The number of fused-ring (bicyclic) bond motifs is 2. The van der Waals surface area contributed by atoms with Gasteiger partial charge in [0.05, 0.1) is 11.2 Å². The highest BCUT2D eigenvalue weighted by Crippen LogP contribution is 2.37. The first-order valence-corrected chi connectivity index (χ1v) is 15.7. The zero-order valence-corrected chi connectivity index (χ0v) is 26.2. The van der Waals surface area contributed by atoms with Crippen molar-refractivity contribution in [1.29, 1.82) is 0 Å². The summed E-state index contributed by atoms with van der Waals surface area (Å²) >= 11 is 0. The number of aromatic nitrogens is 1. The maximum Gasteiger partial charge on any atom is 0.133 e. The molecule has 0 spiro atoms. The van der Waals surface area contributed by atoms with Gasteiger partial charge in [-0.15, -0.1) is 0 Å². The lowest BCUT2D eigenvalue weighted by molar-refractivity contribution is 0.864. The van der Waals surface area contributed by atoms with Crippen LogP contribution in [0.5, 0.6) is 0 Å². The van der Waals surface area contributed by atoms with Crippen LogP contribution in [0.25, 0.3) is 39.9 Å². The normalized spacial score (nSPS) is 13.8. The van der Waals surface area contributed by atoms with Crippen molar-refractivity contribution in [3.63, 3.8) is 0 Å². The Morgan fingerprint density at radius 1 is 0.733 bits per heavy atom. The Bertz CT molecular complexity index is 1970. The maximum absolute atomic E-state index is 5.26. The quantitative estimate of drug-likeness (QED) is 0.207. The van der Waals surface area contributed by atoms with Crippen molar-refractivity contribution in [2.75, 3.05) is 5.32 Å². The van der Waals surface area contributed by atoms with E-state index in [9.17, 15) is 0 Å². The van der Waals surface area contributed by atoms with Gasteiger partial charge in [-0.05, 0) is 66.1 Å². The fourth-order valence-corrected chi connectivity index (χ4v) is 5.96. The molecule has 2 heterocycles.